The molecule has 13 atom stereocenters. The lowest BCUT2D eigenvalue weighted by molar-refractivity contribution is -0.387. The maximum Gasteiger partial charge on any atom is 0.342 e. The van der Waals surface area contributed by atoms with E-state index in [0.29, 0.717) is 36.2 Å². The average Bonchev–Trinajstić information content (AvgIpc) is 3.92. The highest BCUT2D eigenvalue weighted by Crippen LogP contribution is 2.78. The second-order valence-corrected chi connectivity index (χ2v) is 17.8. The minimum Gasteiger partial charge on any atom is -0.467 e. The Morgan fingerprint density at radius 1 is 1.05 bits per heavy atom. The third-order valence-electron chi connectivity index (χ3n) is 14.8. The van der Waals surface area contributed by atoms with Crippen LogP contribution in [0.25, 0.3) is 0 Å². The van der Waals surface area contributed by atoms with Gasteiger partial charge in [-0.05, 0) is 74.3 Å². The number of esters is 4. The first-order valence-electron chi connectivity index (χ1n) is 18.7. The number of ether oxygens (including phenoxy) is 5. The zero-order valence-corrected chi connectivity index (χ0v) is 33.0. The maximum absolute atomic E-state index is 13.8. The lowest BCUT2D eigenvalue weighted by atomic mass is 9.32. The fourth-order valence-corrected chi connectivity index (χ4v) is 13.2. The summed E-state index contributed by atoms with van der Waals surface area (Å²) >= 11 is 0.910. The van der Waals surface area contributed by atoms with Crippen LogP contribution in [0.1, 0.15) is 73.6 Å². The molecule has 4 saturated carbocycles. The highest BCUT2D eigenvalue weighted by Gasteiger charge is 2.90. The van der Waals surface area contributed by atoms with Gasteiger partial charge in [0.25, 0.3) is 5.69 Å². The van der Waals surface area contributed by atoms with Crippen LogP contribution in [-0.4, -0.2) is 83.2 Å². The number of nitrogens with zero attached hydrogens (tertiary/aromatic N) is 1. The van der Waals surface area contributed by atoms with Gasteiger partial charge in [-0.25, -0.2) is 9.59 Å². The molecule has 5 fully saturated rings. The SMILES string of the molecule is C=C1C[C@@]2(O)C3CC[C@]4(C)C(CC[C@@]5(C(C)OSc6ccccc6[N+](=O)[O-])COC(=O)C=C[C@H]54)[C@@]3(C)[C@H](OC(C)=O)[C@H](OC(C)=O)[C@@]2(C)[C@]2(C(=O)OC)O[C@H]12. The minimum absolute atomic E-state index is 0.0240. The number of fused-ring (bicyclic) bond motifs is 9. The molecule has 2 aliphatic heterocycles. The van der Waals surface area contributed by atoms with Gasteiger partial charge in [-0.15, -0.1) is 0 Å². The Hall–Kier alpha value is -3.79. The Bertz CT molecular complexity index is 1890. The maximum atomic E-state index is 13.8. The molecule has 298 valence electrons. The van der Waals surface area contributed by atoms with E-state index in [1.807, 2.05) is 19.9 Å². The molecule has 7 rings (SSSR count). The Kier molecular flexibility index (Phi) is 9.42. The second kappa shape index (κ2) is 13.1. The van der Waals surface area contributed by atoms with Crippen LogP contribution in [0, 0.1) is 49.5 Å². The molecule has 0 spiro atoms. The number of methoxy groups -OCH3 is 1. The highest BCUT2D eigenvalue weighted by atomic mass is 32.2. The van der Waals surface area contributed by atoms with E-state index in [-0.39, 0.29) is 30.6 Å². The summed E-state index contributed by atoms with van der Waals surface area (Å²) in [5, 5.41) is 25.2. The van der Waals surface area contributed by atoms with Gasteiger partial charge in [0.2, 0.25) is 5.60 Å². The molecule has 2 heterocycles. The fourth-order valence-electron chi connectivity index (χ4n) is 12.4. The molecule has 0 radical (unpaired) electrons. The van der Waals surface area contributed by atoms with Crippen LogP contribution in [0.5, 0.6) is 0 Å². The first-order chi connectivity index (χ1) is 25.8. The van der Waals surface area contributed by atoms with E-state index in [2.05, 4.69) is 13.5 Å². The molecule has 15 heteroatoms. The zero-order valence-electron chi connectivity index (χ0n) is 32.2. The van der Waals surface area contributed by atoms with Gasteiger partial charge in [-0.3, -0.25) is 19.7 Å². The number of para-hydroxylation sites is 1. The number of carbonyl (C=O) groups is 4. The number of carbonyl (C=O) groups excluding carboxylic acids is 4. The summed E-state index contributed by atoms with van der Waals surface area (Å²) in [6, 6.07) is 6.31. The van der Waals surface area contributed by atoms with Gasteiger partial charge in [0, 0.05) is 55.3 Å². The number of hydrogen-bond acceptors (Lipinski definition) is 14. The van der Waals surface area contributed by atoms with Crippen LogP contribution in [0.3, 0.4) is 0 Å². The molecule has 1 N–H and O–H groups in total. The third-order valence-corrected chi connectivity index (χ3v) is 15.7. The number of benzene rings is 1. The Balaban J connectivity index is 1.35. The van der Waals surface area contributed by atoms with Crippen LogP contribution in [0.15, 0.2) is 53.5 Å². The van der Waals surface area contributed by atoms with Crippen molar-refractivity contribution >= 4 is 41.6 Å². The molecule has 0 aromatic heterocycles. The van der Waals surface area contributed by atoms with E-state index in [4.69, 9.17) is 27.9 Å². The van der Waals surface area contributed by atoms with Gasteiger partial charge in [-0.2, -0.15) is 0 Å². The van der Waals surface area contributed by atoms with Crippen molar-refractivity contribution in [3.63, 3.8) is 0 Å². The fraction of sp³-hybridized carbons (Fsp3) is 0.650. The van der Waals surface area contributed by atoms with Crippen molar-refractivity contribution in [3.8, 4) is 0 Å². The van der Waals surface area contributed by atoms with E-state index in [1.165, 1.54) is 33.1 Å². The van der Waals surface area contributed by atoms with Crippen molar-refractivity contribution < 1.29 is 57.1 Å². The standard InChI is InChI=1S/C40H49NO13S/c1-21-19-39(46)29-15-17-35(5)27(36(29,6)32(51-23(3)42)33(52-24(4)43)37(39,7)40(31(21)53-40)34(45)49-8)16-18-38(20-50-30(44)14-13-28(35)38)22(2)54-55-26-12-10-9-11-25(26)41(47)48/h9-14,22,27-29,31-33,46H,1,15-20H2,2-8H3/t22?,27?,28-,29?,31+,32+,33-,35+,36+,37+,38-,39+,40-/m0/s1. The molecule has 0 amide bonds. The van der Waals surface area contributed by atoms with Crippen molar-refractivity contribution in [2.75, 3.05) is 13.7 Å². The third kappa shape index (κ3) is 5.24. The Labute approximate surface area is 324 Å². The summed E-state index contributed by atoms with van der Waals surface area (Å²) in [4.78, 5) is 64.7. The van der Waals surface area contributed by atoms with Gasteiger partial charge in [0.1, 0.15) is 23.7 Å². The van der Waals surface area contributed by atoms with E-state index < -0.39 is 92.0 Å². The molecule has 55 heavy (non-hydrogen) atoms. The second-order valence-electron chi connectivity index (χ2n) is 17.0. The summed E-state index contributed by atoms with van der Waals surface area (Å²) in [5.74, 6) is -3.87. The van der Waals surface area contributed by atoms with Crippen LogP contribution in [0.4, 0.5) is 5.69 Å². The van der Waals surface area contributed by atoms with Crippen LogP contribution >= 0.6 is 12.0 Å². The lowest BCUT2D eigenvalue weighted by Gasteiger charge is -2.73. The highest BCUT2D eigenvalue weighted by molar-refractivity contribution is 7.94. The number of nitro groups is 1. The summed E-state index contributed by atoms with van der Waals surface area (Å²) in [5.41, 5.74) is -7.23. The van der Waals surface area contributed by atoms with Crippen molar-refractivity contribution in [2.24, 2.45) is 39.4 Å². The summed E-state index contributed by atoms with van der Waals surface area (Å²) < 4.78 is 36.2. The Morgan fingerprint density at radius 3 is 2.36 bits per heavy atom. The molecule has 1 aromatic rings. The molecule has 1 saturated heterocycles. The summed E-state index contributed by atoms with van der Waals surface area (Å²) in [6.07, 6.45) is 1.37. The number of hydrogen-bond donors (Lipinski definition) is 1. The van der Waals surface area contributed by atoms with Crippen LogP contribution < -0.4 is 0 Å². The van der Waals surface area contributed by atoms with Gasteiger partial charge in [-0.1, -0.05) is 38.6 Å². The van der Waals surface area contributed by atoms with E-state index in [1.54, 1.807) is 25.1 Å². The predicted octanol–water partition coefficient (Wildman–Crippen LogP) is 5.44. The number of aliphatic hydroxyl groups is 1. The van der Waals surface area contributed by atoms with Gasteiger partial charge < -0.3 is 33.0 Å². The Morgan fingerprint density at radius 2 is 1.71 bits per heavy atom. The lowest BCUT2D eigenvalue weighted by Crippen LogP contribution is -2.82. The van der Waals surface area contributed by atoms with Crippen molar-refractivity contribution in [1.29, 1.82) is 0 Å². The first-order valence-corrected chi connectivity index (χ1v) is 19.5. The number of nitro benzene ring substituents is 1. The quantitative estimate of drug-likeness (QED) is 0.0667. The normalized spacial score (nSPS) is 43.1. The number of allylic oxidation sites excluding steroid dienone is 1. The van der Waals surface area contributed by atoms with E-state index in [9.17, 15) is 34.4 Å². The predicted molar refractivity (Wildman–Crippen MR) is 195 cm³/mol. The first kappa shape index (κ1) is 39.4. The summed E-state index contributed by atoms with van der Waals surface area (Å²) in [7, 11) is 1.23. The number of epoxide rings is 1. The monoisotopic (exact) mass is 783 g/mol. The van der Waals surface area contributed by atoms with Crippen molar-refractivity contribution in [1.82, 2.24) is 0 Å². The number of cyclic esters (lactones) is 1. The zero-order chi connectivity index (χ0) is 40.1. The van der Waals surface area contributed by atoms with E-state index >= 15 is 0 Å². The van der Waals surface area contributed by atoms with Gasteiger partial charge in [0.05, 0.1) is 29.2 Å². The topological polar surface area (TPSA) is 190 Å². The molecule has 0 bridgehead atoms. The molecule has 6 aliphatic rings. The average molecular weight is 784 g/mol. The number of rotatable bonds is 8. The van der Waals surface area contributed by atoms with Gasteiger partial charge in [0.15, 0.2) is 6.10 Å². The van der Waals surface area contributed by atoms with Crippen LogP contribution in [-0.2, 0) is 47.0 Å². The molecule has 4 aliphatic carbocycles. The molecule has 3 unspecified atom stereocenters. The summed E-state index contributed by atoms with van der Waals surface area (Å²) in [6.45, 7) is 14.4. The van der Waals surface area contributed by atoms with Crippen molar-refractivity contribution in [3.05, 3.63) is 58.7 Å². The van der Waals surface area contributed by atoms with Crippen molar-refractivity contribution in [2.45, 2.75) is 114 Å². The van der Waals surface area contributed by atoms with Crippen LogP contribution in [0.2, 0.25) is 0 Å². The smallest absolute Gasteiger partial charge is 0.342 e. The van der Waals surface area contributed by atoms with Gasteiger partial charge >= 0.3 is 23.9 Å². The molecular formula is C40H49NO13S. The molecule has 1 aromatic carbocycles. The molecule has 14 nitrogen and oxygen atoms in total. The van der Waals surface area contributed by atoms with E-state index in [0.717, 1.165) is 12.0 Å². The molecular weight excluding hydrogens is 735 g/mol. The largest absolute Gasteiger partial charge is 0.467 e. The minimum atomic E-state index is -1.76.